The van der Waals surface area contributed by atoms with Crippen molar-refractivity contribution >= 4 is 49.3 Å². The van der Waals surface area contributed by atoms with E-state index in [1.54, 1.807) is 12.4 Å². The van der Waals surface area contributed by atoms with Crippen LogP contribution in [0.1, 0.15) is 0 Å². The van der Waals surface area contributed by atoms with E-state index >= 15 is 17.6 Å². The Balaban J connectivity index is 1.18. The number of aromatic nitrogens is 4. The molecule has 328 valence electrons. The van der Waals surface area contributed by atoms with E-state index in [1.165, 1.54) is 12.1 Å². The van der Waals surface area contributed by atoms with Gasteiger partial charge < -0.3 is 9.13 Å². The van der Waals surface area contributed by atoms with Gasteiger partial charge in [-0.15, -0.1) is 0 Å². The minimum Gasteiger partial charge on any atom is -0.308 e. The van der Waals surface area contributed by atoms with Crippen molar-refractivity contribution in [2.45, 2.75) is 0 Å². The summed E-state index contributed by atoms with van der Waals surface area (Å²) in [5, 5.41) is 3.44. The van der Waals surface area contributed by atoms with Gasteiger partial charge in [0.05, 0.1) is 51.4 Å². The molecule has 0 radical (unpaired) electrons. The van der Waals surface area contributed by atoms with Crippen LogP contribution in [0.4, 0.5) is 27.6 Å². The maximum atomic E-state index is 16.1. The largest absolute Gasteiger partial charge is 0.308 e. The van der Waals surface area contributed by atoms with Crippen molar-refractivity contribution in [3.05, 3.63) is 235 Å². The maximum Gasteiger partial charge on any atom is 0.200 e. The molecule has 10 heteroatoms. The molecule has 69 heavy (non-hydrogen) atoms. The highest BCUT2D eigenvalue weighted by atomic mass is 19.2. The molecule has 0 atom stereocenters. The average Bonchev–Trinajstić information content (AvgIpc) is 3.92. The SMILES string of the molecule is [C-]#[N+]c1cc(-n2c3ccccc3c3ccc(-c4ccnc(-c5ccccc5)c4)cc32)c(-n2c3ccccc3c3ccc(-c4ccnc(-c5ccccc5)c4)cc32)cc1-c1c(F)c(F)c(F)c(F)c1F. The fourth-order valence-corrected chi connectivity index (χ4v) is 9.63. The monoisotopic (exact) mass is 905 g/mol. The molecule has 4 heterocycles. The van der Waals surface area contributed by atoms with E-state index in [-0.39, 0.29) is 5.69 Å². The molecule has 0 spiro atoms. The third-order valence-corrected chi connectivity index (χ3v) is 12.8. The first-order chi connectivity index (χ1) is 33.8. The van der Waals surface area contributed by atoms with E-state index in [9.17, 15) is 4.39 Å². The van der Waals surface area contributed by atoms with E-state index in [4.69, 9.17) is 6.57 Å². The first kappa shape index (κ1) is 41.2. The van der Waals surface area contributed by atoms with Crippen molar-refractivity contribution < 1.29 is 22.0 Å². The van der Waals surface area contributed by atoms with Crippen LogP contribution in [0.2, 0.25) is 0 Å². The Labute approximate surface area is 391 Å². The maximum absolute atomic E-state index is 16.1. The molecule has 12 rings (SSSR count). The highest BCUT2D eigenvalue weighted by Crippen LogP contribution is 2.46. The third-order valence-electron chi connectivity index (χ3n) is 12.8. The predicted octanol–water partition coefficient (Wildman–Crippen LogP) is 16.3. The molecule has 4 aromatic heterocycles. The van der Waals surface area contributed by atoms with Gasteiger partial charge in [0.25, 0.3) is 0 Å². The number of benzene rings is 8. The van der Waals surface area contributed by atoms with Crippen LogP contribution >= 0.6 is 0 Å². The van der Waals surface area contributed by atoms with Crippen LogP contribution in [-0.2, 0) is 0 Å². The lowest BCUT2D eigenvalue weighted by Crippen LogP contribution is -2.07. The van der Waals surface area contributed by atoms with Gasteiger partial charge in [0.15, 0.2) is 29.0 Å². The standard InChI is InChI=1S/C59H32F5N5/c1-65-47-33-53(69-49-19-11-9-17-41(49)43-23-21-37(31-51(43)69)39-25-27-67-46(29-39)35-14-6-3-7-15-35)52(32-44(47)54-55(60)57(62)59(64)58(63)56(54)61)68-48-18-10-8-16-40(48)42-22-20-36(30-50(42)68)38-24-26-66-45(28-38)34-12-4-2-5-13-34/h2-33H. The summed E-state index contributed by atoms with van der Waals surface area (Å²) in [6, 6.07) is 58.0. The van der Waals surface area contributed by atoms with Crippen LogP contribution < -0.4 is 0 Å². The molecule has 12 aromatic rings. The summed E-state index contributed by atoms with van der Waals surface area (Å²) in [7, 11) is 0. The summed E-state index contributed by atoms with van der Waals surface area (Å²) in [4.78, 5) is 13.0. The highest BCUT2D eigenvalue weighted by Gasteiger charge is 2.30. The van der Waals surface area contributed by atoms with Crippen molar-refractivity contribution in [3.8, 4) is 67.3 Å². The zero-order valence-corrected chi connectivity index (χ0v) is 36.1. The fraction of sp³-hybridized carbons (Fsp3) is 0. The molecular weight excluding hydrogens is 874 g/mol. The van der Waals surface area contributed by atoms with E-state index in [0.717, 1.165) is 77.3 Å². The lowest BCUT2D eigenvalue weighted by Gasteiger charge is -2.20. The molecule has 0 unspecified atom stereocenters. The summed E-state index contributed by atoms with van der Waals surface area (Å²) in [5.74, 6) is -10.6. The van der Waals surface area contributed by atoms with Crippen molar-refractivity contribution in [2.24, 2.45) is 0 Å². The van der Waals surface area contributed by atoms with Crippen LogP contribution in [0.5, 0.6) is 0 Å². The minimum absolute atomic E-state index is 0.313. The third kappa shape index (κ3) is 6.66. The van der Waals surface area contributed by atoms with E-state index in [1.807, 2.05) is 173 Å². The fourth-order valence-electron chi connectivity index (χ4n) is 9.63. The first-order valence-corrected chi connectivity index (χ1v) is 22.0. The number of fused-ring (bicyclic) bond motifs is 6. The summed E-state index contributed by atoms with van der Waals surface area (Å²) in [6.45, 7) is 8.41. The second kappa shape index (κ2) is 16.3. The number of nitrogens with zero attached hydrogens (tertiary/aromatic N) is 5. The van der Waals surface area contributed by atoms with Gasteiger partial charge >= 0.3 is 0 Å². The van der Waals surface area contributed by atoms with Crippen molar-refractivity contribution in [2.75, 3.05) is 0 Å². The second-order valence-electron chi connectivity index (χ2n) is 16.7. The Bertz CT molecular complexity index is 4070. The number of hydrogen-bond acceptors (Lipinski definition) is 2. The molecule has 0 aliphatic rings. The van der Waals surface area contributed by atoms with Crippen LogP contribution in [-0.4, -0.2) is 19.1 Å². The van der Waals surface area contributed by atoms with Gasteiger partial charge in [-0.1, -0.05) is 121 Å². The summed E-state index contributed by atoms with van der Waals surface area (Å²) in [6.07, 6.45) is 3.51. The van der Waals surface area contributed by atoms with E-state index in [0.29, 0.717) is 22.4 Å². The summed E-state index contributed by atoms with van der Waals surface area (Å²) in [5.41, 5.74) is 8.50. The predicted molar refractivity (Wildman–Crippen MR) is 264 cm³/mol. The molecule has 0 N–H and O–H groups in total. The van der Waals surface area contributed by atoms with Gasteiger partial charge in [0.2, 0.25) is 5.82 Å². The number of rotatable bonds is 7. The first-order valence-electron chi connectivity index (χ1n) is 22.0. The molecule has 0 saturated heterocycles. The van der Waals surface area contributed by atoms with Gasteiger partial charge in [0, 0.05) is 50.6 Å². The number of pyridine rings is 2. The van der Waals surface area contributed by atoms with Gasteiger partial charge in [-0.25, -0.2) is 26.8 Å². The highest BCUT2D eigenvalue weighted by molar-refractivity contribution is 6.13. The second-order valence-corrected chi connectivity index (χ2v) is 16.7. The van der Waals surface area contributed by atoms with Crippen LogP contribution in [0.15, 0.2) is 194 Å². The van der Waals surface area contributed by atoms with Crippen LogP contribution in [0, 0.1) is 35.7 Å². The Morgan fingerprint density at radius 1 is 0.362 bits per heavy atom. The van der Waals surface area contributed by atoms with Crippen molar-refractivity contribution in [1.82, 2.24) is 19.1 Å². The zero-order valence-electron chi connectivity index (χ0n) is 36.1. The topological polar surface area (TPSA) is 40.0 Å². The molecule has 8 aromatic carbocycles. The lowest BCUT2D eigenvalue weighted by atomic mass is 9.99. The molecule has 0 aliphatic heterocycles. The van der Waals surface area contributed by atoms with Crippen LogP contribution in [0.3, 0.4) is 0 Å². The molecule has 5 nitrogen and oxygen atoms in total. The van der Waals surface area contributed by atoms with Gasteiger partial charge in [-0.2, -0.15) is 0 Å². The molecule has 0 amide bonds. The Morgan fingerprint density at radius 2 is 0.768 bits per heavy atom. The zero-order chi connectivity index (χ0) is 46.9. The number of para-hydroxylation sites is 2. The molecule has 0 aliphatic carbocycles. The normalized spacial score (nSPS) is 11.5. The summed E-state index contributed by atoms with van der Waals surface area (Å²) >= 11 is 0. The average molecular weight is 906 g/mol. The van der Waals surface area contributed by atoms with Gasteiger partial charge in [-0.3, -0.25) is 9.97 Å². The van der Waals surface area contributed by atoms with Gasteiger partial charge in [0.1, 0.15) is 0 Å². The number of hydrogen-bond donors (Lipinski definition) is 0. The molecular formula is C59H32F5N5. The minimum atomic E-state index is -2.29. The van der Waals surface area contributed by atoms with E-state index in [2.05, 4.69) is 20.9 Å². The molecule has 0 saturated carbocycles. The smallest absolute Gasteiger partial charge is 0.200 e. The number of halogens is 5. The quantitative estimate of drug-likeness (QED) is 0.0692. The molecule has 0 bridgehead atoms. The van der Waals surface area contributed by atoms with Crippen LogP contribution in [0.25, 0.3) is 116 Å². The Kier molecular flexibility index (Phi) is 9.74. The molecule has 0 fully saturated rings. The van der Waals surface area contributed by atoms with E-state index < -0.39 is 40.2 Å². The lowest BCUT2D eigenvalue weighted by molar-refractivity contribution is 0.381. The Morgan fingerprint density at radius 3 is 1.25 bits per heavy atom. The van der Waals surface area contributed by atoms with Gasteiger partial charge in [-0.05, 0) is 88.5 Å². The van der Waals surface area contributed by atoms with Crippen molar-refractivity contribution in [1.29, 1.82) is 0 Å². The van der Waals surface area contributed by atoms with Crippen molar-refractivity contribution in [3.63, 3.8) is 0 Å². The Hall–Kier alpha value is -9.20. The summed E-state index contributed by atoms with van der Waals surface area (Å²) < 4.78 is 81.0.